The fourth-order valence-electron chi connectivity index (χ4n) is 2.59. The first-order chi connectivity index (χ1) is 6.66. The van der Waals surface area contributed by atoms with Crippen LogP contribution in [0.1, 0.15) is 52.4 Å². The minimum absolute atomic E-state index is 0.186. The molecule has 0 aliphatic heterocycles. The fraction of sp³-hybridized carbons (Fsp3) is 1.00. The predicted octanol–water partition coefficient (Wildman–Crippen LogP) is 2.33. The molecule has 0 aromatic heterocycles. The molecule has 0 aromatic rings. The van der Waals surface area contributed by atoms with Crippen molar-refractivity contribution < 1.29 is 10.2 Å². The average Bonchev–Trinajstić information content (AvgIpc) is 2.40. The number of aliphatic hydroxyl groups is 2. The highest BCUT2D eigenvalue weighted by Gasteiger charge is 2.29. The Kier molecular flexibility index (Phi) is 4.90. The van der Waals surface area contributed by atoms with E-state index in [4.69, 9.17) is 0 Å². The smallest absolute Gasteiger partial charge is 0.0571 e. The average molecular weight is 200 g/mol. The third kappa shape index (κ3) is 2.96. The lowest BCUT2D eigenvalue weighted by atomic mass is 9.81. The van der Waals surface area contributed by atoms with E-state index in [1.165, 1.54) is 12.8 Å². The van der Waals surface area contributed by atoms with Gasteiger partial charge in [0.25, 0.3) is 0 Å². The lowest BCUT2D eigenvalue weighted by molar-refractivity contribution is 0.0100. The minimum Gasteiger partial charge on any atom is -0.393 e. The maximum absolute atomic E-state index is 9.95. The van der Waals surface area contributed by atoms with Gasteiger partial charge in [-0.15, -0.1) is 0 Å². The van der Waals surface area contributed by atoms with E-state index in [9.17, 15) is 10.2 Å². The summed E-state index contributed by atoms with van der Waals surface area (Å²) in [5.74, 6) is 0.556. The number of rotatable bonds is 3. The van der Waals surface area contributed by atoms with Crippen LogP contribution in [-0.2, 0) is 0 Å². The largest absolute Gasteiger partial charge is 0.393 e. The van der Waals surface area contributed by atoms with Crippen molar-refractivity contribution in [2.24, 2.45) is 11.8 Å². The quantitative estimate of drug-likeness (QED) is 0.686. The van der Waals surface area contributed by atoms with Crippen molar-refractivity contribution in [2.75, 3.05) is 0 Å². The van der Waals surface area contributed by atoms with E-state index in [2.05, 4.69) is 6.92 Å². The van der Waals surface area contributed by atoms with Crippen molar-refractivity contribution in [1.82, 2.24) is 0 Å². The molecule has 0 bridgehead atoms. The van der Waals surface area contributed by atoms with Crippen LogP contribution in [0.4, 0.5) is 0 Å². The van der Waals surface area contributed by atoms with Crippen molar-refractivity contribution in [3.8, 4) is 0 Å². The molecule has 2 heteroatoms. The van der Waals surface area contributed by atoms with Crippen molar-refractivity contribution >= 4 is 0 Å². The molecule has 84 valence electrons. The molecule has 0 spiro atoms. The zero-order valence-electron chi connectivity index (χ0n) is 9.45. The summed E-state index contributed by atoms with van der Waals surface area (Å²) in [4.78, 5) is 0. The maximum Gasteiger partial charge on any atom is 0.0571 e. The molecule has 1 aliphatic carbocycles. The Labute approximate surface area is 87.3 Å². The first-order valence-electron chi connectivity index (χ1n) is 6.03. The van der Waals surface area contributed by atoms with Crippen molar-refractivity contribution in [3.63, 3.8) is 0 Å². The molecule has 1 aliphatic rings. The Morgan fingerprint density at radius 1 is 1.21 bits per heavy atom. The van der Waals surface area contributed by atoms with E-state index in [1.807, 2.05) is 6.92 Å². The van der Waals surface area contributed by atoms with E-state index in [0.29, 0.717) is 5.92 Å². The Morgan fingerprint density at radius 2 is 1.86 bits per heavy atom. The number of hydrogen-bond acceptors (Lipinski definition) is 2. The van der Waals surface area contributed by atoms with Crippen molar-refractivity contribution in [2.45, 2.75) is 64.6 Å². The lowest BCUT2D eigenvalue weighted by Crippen LogP contribution is -2.32. The van der Waals surface area contributed by atoms with E-state index >= 15 is 0 Å². The molecule has 1 fully saturated rings. The van der Waals surface area contributed by atoms with Gasteiger partial charge in [-0.05, 0) is 31.1 Å². The fourth-order valence-corrected chi connectivity index (χ4v) is 2.59. The Balaban J connectivity index is 2.53. The second-order valence-electron chi connectivity index (χ2n) is 4.70. The standard InChI is InChI=1S/C12H24O2/c1-3-11(13)9(2)10-7-5-4-6-8-12(10)14/h9-14H,3-8H2,1-2H3. The van der Waals surface area contributed by atoms with Crippen LogP contribution in [0.3, 0.4) is 0 Å². The van der Waals surface area contributed by atoms with E-state index in [1.54, 1.807) is 0 Å². The van der Waals surface area contributed by atoms with Gasteiger partial charge in [0.15, 0.2) is 0 Å². The van der Waals surface area contributed by atoms with Crippen LogP contribution in [0.5, 0.6) is 0 Å². The van der Waals surface area contributed by atoms with Crippen LogP contribution < -0.4 is 0 Å². The van der Waals surface area contributed by atoms with Gasteiger partial charge in [-0.2, -0.15) is 0 Å². The second-order valence-corrected chi connectivity index (χ2v) is 4.70. The van der Waals surface area contributed by atoms with Crippen LogP contribution in [0.15, 0.2) is 0 Å². The molecule has 0 saturated heterocycles. The van der Waals surface area contributed by atoms with Crippen LogP contribution in [0, 0.1) is 11.8 Å². The summed E-state index contributed by atoms with van der Waals surface area (Å²) in [6.45, 7) is 4.08. The molecule has 1 saturated carbocycles. The Morgan fingerprint density at radius 3 is 2.50 bits per heavy atom. The number of hydrogen-bond donors (Lipinski definition) is 2. The SMILES string of the molecule is CCC(O)C(C)C1CCCCCC1O. The molecule has 14 heavy (non-hydrogen) atoms. The monoisotopic (exact) mass is 200 g/mol. The molecule has 0 aromatic carbocycles. The molecule has 2 nitrogen and oxygen atoms in total. The van der Waals surface area contributed by atoms with Crippen LogP contribution in [0.25, 0.3) is 0 Å². The molecular formula is C12H24O2. The van der Waals surface area contributed by atoms with Crippen LogP contribution in [-0.4, -0.2) is 22.4 Å². The van der Waals surface area contributed by atoms with Gasteiger partial charge in [-0.25, -0.2) is 0 Å². The zero-order chi connectivity index (χ0) is 10.6. The molecule has 4 unspecified atom stereocenters. The molecule has 0 heterocycles. The summed E-state index contributed by atoms with van der Waals surface area (Å²) in [7, 11) is 0. The Bertz CT molecular complexity index is 158. The summed E-state index contributed by atoms with van der Waals surface area (Å²) in [6.07, 6.45) is 5.97. The van der Waals surface area contributed by atoms with Gasteiger partial charge in [-0.3, -0.25) is 0 Å². The van der Waals surface area contributed by atoms with Gasteiger partial charge in [0.1, 0.15) is 0 Å². The molecule has 0 radical (unpaired) electrons. The summed E-state index contributed by atoms with van der Waals surface area (Å²) in [6, 6.07) is 0. The lowest BCUT2D eigenvalue weighted by Gasteiger charge is -2.30. The highest BCUT2D eigenvalue weighted by Crippen LogP contribution is 2.31. The second kappa shape index (κ2) is 5.72. The summed E-state index contributed by atoms with van der Waals surface area (Å²) < 4.78 is 0. The highest BCUT2D eigenvalue weighted by atomic mass is 16.3. The van der Waals surface area contributed by atoms with Gasteiger partial charge >= 0.3 is 0 Å². The molecular weight excluding hydrogens is 176 g/mol. The van der Waals surface area contributed by atoms with Crippen molar-refractivity contribution in [3.05, 3.63) is 0 Å². The Hall–Kier alpha value is -0.0800. The zero-order valence-corrected chi connectivity index (χ0v) is 9.45. The summed E-state index contributed by atoms with van der Waals surface area (Å²) in [5, 5.41) is 19.7. The summed E-state index contributed by atoms with van der Waals surface area (Å²) in [5.41, 5.74) is 0. The normalized spacial score (nSPS) is 33.4. The van der Waals surface area contributed by atoms with Gasteiger partial charge in [-0.1, -0.05) is 33.1 Å². The third-order valence-electron chi connectivity index (χ3n) is 3.73. The molecule has 2 N–H and O–H groups in total. The van der Waals surface area contributed by atoms with Gasteiger partial charge < -0.3 is 10.2 Å². The van der Waals surface area contributed by atoms with Gasteiger partial charge in [0.05, 0.1) is 12.2 Å². The van der Waals surface area contributed by atoms with Gasteiger partial charge in [0.2, 0.25) is 0 Å². The first-order valence-corrected chi connectivity index (χ1v) is 6.03. The van der Waals surface area contributed by atoms with Gasteiger partial charge in [0, 0.05) is 0 Å². The van der Waals surface area contributed by atoms with E-state index in [0.717, 1.165) is 25.7 Å². The molecule has 1 rings (SSSR count). The third-order valence-corrected chi connectivity index (χ3v) is 3.73. The highest BCUT2D eigenvalue weighted by molar-refractivity contribution is 4.80. The summed E-state index contributed by atoms with van der Waals surface area (Å²) >= 11 is 0. The molecule has 4 atom stereocenters. The van der Waals surface area contributed by atoms with E-state index in [-0.39, 0.29) is 18.1 Å². The predicted molar refractivity (Wildman–Crippen MR) is 58.0 cm³/mol. The minimum atomic E-state index is -0.243. The maximum atomic E-state index is 9.95. The van der Waals surface area contributed by atoms with Crippen LogP contribution in [0.2, 0.25) is 0 Å². The topological polar surface area (TPSA) is 40.5 Å². The first kappa shape index (κ1) is 12.0. The number of aliphatic hydroxyl groups excluding tert-OH is 2. The van der Waals surface area contributed by atoms with E-state index < -0.39 is 0 Å². The molecule has 0 amide bonds. The van der Waals surface area contributed by atoms with Crippen LogP contribution >= 0.6 is 0 Å². The van der Waals surface area contributed by atoms with Crippen molar-refractivity contribution in [1.29, 1.82) is 0 Å².